The Morgan fingerprint density at radius 1 is 1.11 bits per heavy atom. The van der Waals surface area contributed by atoms with Gasteiger partial charge in [0, 0.05) is 38.8 Å². The van der Waals surface area contributed by atoms with Crippen LogP contribution in [0.5, 0.6) is 0 Å². The fourth-order valence-electron chi connectivity index (χ4n) is 3.82. The number of hydrogen-bond donors (Lipinski definition) is 1. The number of carbonyl (C=O) groups excluding carboxylic acids is 2. The van der Waals surface area contributed by atoms with Crippen molar-refractivity contribution in [1.29, 1.82) is 0 Å². The van der Waals surface area contributed by atoms with Gasteiger partial charge in [0.05, 0.1) is 16.6 Å². The van der Waals surface area contributed by atoms with Crippen molar-refractivity contribution in [1.82, 2.24) is 15.2 Å². The van der Waals surface area contributed by atoms with Gasteiger partial charge in [-0.1, -0.05) is 42.5 Å². The van der Waals surface area contributed by atoms with Crippen LogP contribution < -0.4 is 10.2 Å². The van der Waals surface area contributed by atoms with Crippen LogP contribution in [0.1, 0.15) is 38.5 Å². The highest BCUT2D eigenvalue weighted by Gasteiger charge is 2.24. The molecule has 2 heterocycles. The quantitative estimate of drug-likeness (QED) is 0.806. The van der Waals surface area contributed by atoms with E-state index in [1.165, 1.54) is 19.3 Å². The molecule has 6 nitrogen and oxygen atoms in total. The van der Waals surface area contributed by atoms with Crippen LogP contribution >= 0.6 is 23.2 Å². The van der Waals surface area contributed by atoms with Gasteiger partial charge in [0.15, 0.2) is 0 Å². The van der Waals surface area contributed by atoms with Crippen LogP contribution in [0.25, 0.3) is 0 Å². The van der Waals surface area contributed by atoms with Crippen molar-refractivity contribution in [2.24, 2.45) is 5.92 Å². The zero-order chi connectivity index (χ0) is 19.2. The van der Waals surface area contributed by atoms with E-state index in [-0.39, 0.29) is 18.4 Å². The maximum absolute atomic E-state index is 12.4. The maximum atomic E-state index is 12.4. The van der Waals surface area contributed by atoms with Crippen molar-refractivity contribution in [2.45, 2.75) is 38.5 Å². The summed E-state index contributed by atoms with van der Waals surface area (Å²) in [5.41, 5.74) is 0. The second-order valence-electron chi connectivity index (χ2n) is 7.31. The number of halogens is 2. The van der Waals surface area contributed by atoms with Crippen molar-refractivity contribution in [3.05, 3.63) is 22.3 Å². The molecule has 2 amide bonds. The van der Waals surface area contributed by atoms with E-state index >= 15 is 0 Å². The zero-order valence-corrected chi connectivity index (χ0v) is 16.9. The average Bonchev–Trinajstić information content (AvgIpc) is 2.67. The first-order chi connectivity index (χ1) is 13.0. The van der Waals surface area contributed by atoms with Gasteiger partial charge in [0.25, 0.3) is 0 Å². The van der Waals surface area contributed by atoms with Crippen LogP contribution in [0.3, 0.4) is 0 Å². The Hall–Kier alpha value is -1.53. The second-order valence-corrected chi connectivity index (χ2v) is 8.16. The third-order valence-corrected chi connectivity index (χ3v) is 5.84. The molecule has 2 aliphatic rings. The average molecular weight is 413 g/mol. The molecule has 148 valence electrons. The molecule has 0 bridgehead atoms. The summed E-state index contributed by atoms with van der Waals surface area (Å²) < 4.78 is 0. The minimum Gasteiger partial charge on any atom is -0.352 e. The highest BCUT2D eigenvalue weighted by molar-refractivity contribution is 6.36. The predicted octanol–water partition coefficient (Wildman–Crippen LogP) is 3.12. The highest BCUT2D eigenvalue weighted by atomic mass is 35.5. The van der Waals surface area contributed by atoms with Crippen LogP contribution in [-0.2, 0) is 9.59 Å². The number of carbonyl (C=O) groups is 2. The van der Waals surface area contributed by atoms with E-state index < -0.39 is 0 Å². The number of amides is 2. The molecule has 0 unspecified atom stereocenters. The molecule has 3 rings (SSSR count). The fraction of sp³-hybridized carbons (Fsp3) is 0.632. The number of nitrogens with one attached hydrogen (secondary N) is 1. The molecule has 1 N–H and O–H groups in total. The Morgan fingerprint density at radius 3 is 2.48 bits per heavy atom. The Morgan fingerprint density at radius 2 is 1.81 bits per heavy atom. The Kier molecular flexibility index (Phi) is 7.19. The Bertz CT molecular complexity index is 672. The number of piperazine rings is 1. The van der Waals surface area contributed by atoms with E-state index in [1.54, 1.807) is 17.2 Å². The van der Waals surface area contributed by atoms with Gasteiger partial charge in [-0.2, -0.15) is 0 Å². The molecule has 2 fully saturated rings. The van der Waals surface area contributed by atoms with Crippen LogP contribution in [0.4, 0.5) is 5.82 Å². The highest BCUT2D eigenvalue weighted by Crippen LogP contribution is 2.27. The number of hydrogen-bond acceptors (Lipinski definition) is 4. The lowest BCUT2D eigenvalue weighted by Gasteiger charge is -2.35. The van der Waals surface area contributed by atoms with Crippen molar-refractivity contribution < 1.29 is 9.59 Å². The fourth-order valence-corrected chi connectivity index (χ4v) is 4.32. The summed E-state index contributed by atoms with van der Waals surface area (Å²) in [7, 11) is 0. The molecular formula is C19H26Cl2N4O2. The third kappa shape index (κ3) is 5.72. The summed E-state index contributed by atoms with van der Waals surface area (Å²) >= 11 is 12.1. The number of anilines is 1. The van der Waals surface area contributed by atoms with Gasteiger partial charge in [-0.25, -0.2) is 4.98 Å². The molecule has 0 aromatic carbocycles. The van der Waals surface area contributed by atoms with Crippen LogP contribution in [0, 0.1) is 5.92 Å². The van der Waals surface area contributed by atoms with E-state index in [2.05, 4.69) is 10.3 Å². The lowest BCUT2D eigenvalue weighted by molar-refractivity contribution is -0.133. The maximum Gasteiger partial charge on any atom is 0.242 e. The number of rotatable bonds is 5. The zero-order valence-electron chi connectivity index (χ0n) is 15.4. The predicted molar refractivity (Wildman–Crippen MR) is 107 cm³/mol. The molecule has 1 aromatic rings. The lowest BCUT2D eigenvalue weighted by Crippen LogP contribution is -2.51. The van der Waals surface area contributed by atoms with Gasteiger partial charge in [-0.05, 0) is 24.8 Å². The summed E-state index contributed by atoms with van der Waals surface area (Å²) in [5, 5.41) is 3.81. The van der Waals surface area contributed by atoms with E-state index in [1.807, 2.05) is 4.90 Å². The first-order valence-electron chi connectivity index (χ1n) is 9.63. The minimum atomic E-state index is -0.0400. The Balaban J connectivity index is 1.41. The van der Waals surface area contributed by atoms with Crippen molar-refractivity contribution in [2.75, 3.05) is 37.6 Å². The van der Waals surface area contributed by atoms with Gasteiger partial charge >= 0.3 is 0 Å². The number of aromatic nitrogens is 1. The van der Waals surface area contributed by atoms with Gasteiger partial charge in [-0.3, -0.25) is 9.59 Å². The molecule has 1 saturated heterocycles. The van der Waals surface area contributed by atoms with Gasteiger partial charge in [0.1, 0.15) is 5.82 Å². The molecule has 1 saturated carbocycles. The van der Waals surface area contributed by atoms with E-state index in [0.29, 0.717) is 54.4 Å². The van der Waals surface area contributed by atoms with Crippen LogP contribution in [-0.4, -0.2) is 54.4 Å². The smallest absolute Gasteiger partial charge is 0.242 e. The summed E-state index contributed by atoms with van der Waals surface area (Å²) in [6.07, 6.45) is 8.08. The van der Waals surface area contributed by atoms with Gasteiger partial charge in [0.2, 0.25) is 11.8 Å². The SMILES string of the molecule is O=C(CC1CCCCC1)NCC(=O)N1CCN(c2ncc(Cl)cc2Cl)CC1. The van der Waals surface area contributed by atoms with Crippen LogP contribution in [0.15, 0.2) is 12.3 Å². The second kappa shape index (κ2) is 9.60. The number of nitrogens with zero attached hydrogens (tertiary/aromatic N) is 3. The molecule has 0 atom stereocenters. The van der Waals surface area contributed by atoms with E-state index in [4.69, 9.17) is 23.2 Å². The summed E-state index contributed by atoms with van der Waals surface area (Å²) in [5.74, 6) is 1.12. The van der Waals surface area contributed by atoms with Crippen molar-refractivity contribution in [3.63, 3.8) is 0 Å². The molecule has 1 aromatic heterocycles. The van der Waals surface area contributed by atoms with Crippen molar-refractivity contribution in [3.8, 4) is 0 Å². The van der Waals surface area contributed by atoms with E-state index in [9.17, 15) is 9.59 Å². The minimum absolute atomic E-state index is 0.00830. The van der Waals surface area contributed by atoms with Gasteiger partial charge in [-0.15, -0.1) is 0 Å². The molecule has 0 radical (unpaired) electrons. The number of pyridine rings is 1. The Labute approximate surface area is 170 Å². The molecular weight excluding hydrogens is 387 g/mol. The molecule has 1 aliphatic carbocycles. The molecule has 27 heavy (non-hydrogen) atoms. The molecule has 1 aliphatic heterocycles. The normalized spacial score (nSPS) is 18.4. The molecule has 8 heteroatoms. The summed E-state index contributed by atoms with van der Waals surface area (Å²) in [6, 6.07) is 1.67. The van der Waals surface area contributed by atoms with Gasteiger partial charge < -0.3 is 15.1 Å². The van der Waals surface area contributed by atoms with Crippen LogP contribution in [0.2, 0.25) is 10.0 Å². The third-order valence-electron chi connectivity index (χ3n) is 5.36. The van der Waals surface area contributed by atoms with E-state index in [0.717, 1.165) is 12.8 Å². The topological polar surface area (TPSA) is 65.5 Å². The summed E-state index contributed by atoms with van der Waals surface area (Å²) in [4.78, 5) is 32.6. The van der Waals surface area contributed by atoms with Crippen molar-refractivity contribution >= 4 is 40.8 Å². The monoisotopic (exact) mass is 412 g/mol. The lowest BCUT2D eigenvalue weighted by atomic mass is 9.87. The standard InChI is InChI=1S/C19H26Cl2N4O2/c20-15-11-16(21)19(23-12-15)25-8-6-24(7-9-25)18(27)13-22-17(26)10-14-4-2-1-3-5-14/h11-12,14H,1-10,13H2,(H,22,26). The first kappa shape index (κ1) is 20.2. The summed E-state index contributed by atoms with van der Waals surface area (Å²) in [6.45, 7) is 2.54. The largest absolute Gasteiger partial charge is 0.352 e. The first-order valence-corrected chi connectivity index (χ1v) is 10.4. The molecule has 0 spiro atoms.